The van der Waals surface area contributed by atoms with Crippen LogP contribution in [0.1, 0.15) is 38.5 Å². The van der Waals surface area contributed by atoms with Crippen LogP contribution in [0.25, 0.3) is 10.1 Å². The van der Waals surface area contributed by atoms with E-state index in [1.165, 1.54) is 26.5 Å². The number of anilines is 1. The molecule has 2 aliphatic heterocycles. The van der Waals surface area contributed by atoms with Crippen LogP contribution < -0.4 is 4.90 Å². The molecule has 5 atom stereocenters. The number of hydrogen-bond acceptors (Lipinski definition) is 7. The van der Waals surface area contributed by atoms with Crippen molar-refractivity contribution in [2.45, 2.75) is 50.3 Å². The van der Waals surface area contributed by atoms with Gasteiger partial charge in [0.1, 0.15) is 5.82 Å². The summed E-state index contributed by atoms with van der Waals surface area (Å²) in [6.45, 7) is 4.74. The van der Waals surface area contributed by atoms with E-state index < -0.39 is 41.8 Å². The lowest BCUT2D eigenvalue weighted by molar-refractivity contribution is -0.275. The highest BCUT2D eigenvalue weighted by Crippen LogP contribution is 2.61. The predicted octanol–water partition coefficient (Wildman–Crippen LogP) is 4.22. The number of carbonyl (C=O) groups excluding carboxylic acids is 2. The minimum Gasteiger partial charge on any atom is -0.380 e. The fraction of sp³-hybridized carbons (Fsp3) is 0.621. The first-order chi connectivity index (χ1) is 19.2. The summed E-state index contributed by atoms with van der Waals surface area (Å²) < 4.78 is 47.0. The van der Waals surface area contributed by atoms with E-state index >= 15 is 0 Å². The highest BCUT2D eigenvalue weighted by molar-refractivity contribution is 7.13. The van der Waals surface area contributed by atoms with Crippen LogP contribution in [-0.4, -0.2) is 82.1 Å². The molecule has 1 N–H and O–H groups in total. The molecule has 5 aliphatic rings. The number of piperazine rings is 1. The van der Waals surface area contributed by atoms with Crippen LogP contribution in [0.3, 0.4) is 0 Å². The molecule has 0 unspecified atom stereocenters. The van der Waals surface area contributed by atoms with Crippen molar-refractivity contribution in [1.82, 2.24) is 14.2 Å². The van der Waals surface area contributed by atoms with E-state index in [9.17, 15) is 27.9 Å². The lowest BCUT2D eigenvalue weighted by Gasteiger charge is -2.40. The van der Waals surface area contributed by atoms with Crippen LogP contribution in [0.2, 0.25) is 0 Å². The molecule has 11 heteroatoms. The van der Waals surface area contributed by atoms with Gasteiger partial charge in [0, 0.05) is 62.6 Å². The van der Waals surface area contributed by atoms with Crippen molar-refractivity contribution >= 4 is 39.3 Å². The summed E-state index contributed by atoms with van der Waals surface area (Å²) in [7, 11) is 0. The normalized spacial score (nSPS) is 33.1. The van der Waals surface area contributed by atoms with Gasteiger partial charge in [-0.3, -0.25) is 19.4 Å². The molecule has 2 saturated carbocycles. The molecule has 0 radical (unpaired) electrons. The van der Waals surface area contributed by atoms with Crippen molar-refractivity contribution in [3.05, 3.63) is 35.4 Å². The molecular formula is C29H33F3N4O3S. The van der Waals surface area contributed by atoms with Crippen molar-refractivity contribution < 1.29 is 27.9 Å². The van der Waals surface area contributed by atoms with Gasteiger partial charge in [-0.2, -0.15) is 17.5 Å². The number of fused-ring (bicyclic) bond motifs is 5. The second-order valence-electron chi connectivity index (χ2n) is 12.3. The van der Waals surface area contributed by atoms with Gasteiger partial charge in [-0.15, -0.1) is 0 Å². The SMILES string of the molecule is O=C1C2=C3C[C@@H]([C@H]2C(=O)N1C[C@@H]1CCCC[C@H]1CN1CCN(c2nsc4ccccc24)CC1)[C@](O)(C(F)(F)F)C3. The average Bonchev–Trinajstić information content (AvgIpc) is 3.68. The first kappa shape index (κ1) is 26.4. The van der Waals surface area contributed by atoms with Crippen molar-refractivity contribution in [3.8, 4) is 0 Å². The third kappa shape index (κ3) is 4.02. The standard InChI is InChI=1S/C29H33F3N4O3S/c30-29(31,32)28(39)14-19-13-21(28)24-23(19)26(37)36(27(24)38)16-18-6-2-1-5-17(18)15-34-9-11-35(12-10-34)25-20-7-3-4-8-22(20)40-33-25/h3-4,7-8,17-18,21,24,39H,1-2,5-6,9-16H2/t17-,18-,21-,24+,28-/m0/s1. The molecule has 2 aromatic rings. The highest BCUT2D eigenvalue weighted by atomic mass is 32.1. The summed E-state index contributed by atoms with van der Waals surface area (Å²) >= 11 is 1.53. The number of amides is 2. The van der Waals surface area contributed by atoms with Gasteiger partial charge in [0.05, 0.1) is 10.6 Å². The molecule has 0 spiro atoms. The molecule has 7 rings (SSSR count). The maximum atomic E-state index is 13.7. The number of aliphatic hydroxyl groups is 1. The van der Waals surface area contributed by atoms with Crippen LogP contribution in [-0.2, 0) is 9.59 Å². The topological polar surface area (TPSA) is 77.0 Å². The summed E-state index contributed by atoms with van der Waals surface area (Å²) in [5.74, 6) is -1.91. The highest BCUT2D eigenvalue weighted by Gasteiger charge is 2.71. The molecule has 1 aromatic heterocycles. The molecule has 3 heterocycles. The number of alkyl halides is 3. The Hall–Kier alpha value is -2.50. The summed E-state index contributed by atoms with van der Waals surface area (Å²) in [5, 5.41) is 11.7. The molecule has 2 amide bonds. The van der Waals surface area contributed by atoms with Gasteiger partial charge in [-0.25, -0.2) is 0 Å². The molecule has 3 aliphatic carbocycles. The Morgan fingerprint density at radius 3 is 2.45 bits per heavy atom. The fourth-order valence-electron chi connectivity index (χ4n) is 8.03. The van der Waals surface area contributed by atoms with Crippen LogP contribution in [0.15, 0.2) is 35.4 Å². The van der Waals surface area contributed by atoms with Gasteiger partial charge < -0.3 is 10.0 Å². The number of imide groups is 1. The van der Waals surface area contributed by atoms with Crippen molar-refractivity contribution in [3.63, 3.8) is 0 Å². The minimum atomic E-state index is -4.83. The Bertz CT molecular complexity index is 1380. The minimum absolute atomic E-state index is 0.0178. The van der Waals surface area contributed by atoms with Gasteiger partial charge in [-0.1, -0.05) is 30.5 Å². The Balaban J connectivity index is 1.01. The van der Waals surface area contributed by atoms with Gasteiger partial charge >= 0.3 is 6.18 Å². The van der Waals surface area contributed by atoms with Crippen molar-refractivity contribution in [1.29, 1.82) is 0 Å². The van der Waals surface area contributed by atoms with Crippen LogP contribution in [0.4, 0.5) is 19.0 Å². The zero-order valence-electron chi connectivity index (χ0n) is 22.2. The maximum absolute atomic E-state index is 13.7. The van der Waals surface area contributed by atoms with E-state index in [2.05, 4.69) is 21.9 Å². The molecule has 7 nitrogen and oxygen atoms in total. The first-order valence-corrected chi connectivity index (χ1v) is 15.1. The molecule has 214 valence electrons. The second kappa shape index (κ2) is 9.52. The Labute approximate surface area is 234 Å². The van der Waals surface area contributed by atoms with E-state index in [0.717, 1.165) is 64.2 Å². The largest absolute Gasteiger partial charge is 0.417 e. The van der Waals surface area contributed by atoms with Gasteiger partial charge in [0.25, 0.3) is 5.91 Å². The lowest BCUT2D eigenvalue weighted by atomic mass is 9.76. The number of benzene rings is 1. The molecule has 2 saturated heterocycles. The number of aromatic nitrogens is 1. The summed E-state index contributed by atoms with van der Waals surface area (Å²) in [5.41, 5.74) is -2.36. The summed E-state index contributed by atoms with van der Waals surface area (Å²) in [6.07, 6.45) is -1.38. The Morgan fingerprint density at radius 2 is 1.73 bits per heavy atom. The van der Waals surface area contributed by atoms with Crippen LogP contribution in [0.5, 0.6) is 0 Å². The fourth-order valence-corrected chi connectivity index (χ4v) is 8.83. The van der Waals surface area contributed by atoms with Crippen molar-refractivity contribution in [2.75, 3.05) is 44.2 Å². The Morgan fingerprint density at radius 1 is 1.02 bits per heavy atom. The monoisotopic (exact) mass is 574 g/mol. The van der Waals surface area contributed by atoms with Gasteiger partial charge in [0.15, 0.2) is 5.60 Å². The van der Waals surface area contributed by atoms with Gasteiger partial charge in [0.2, 0.25) is 5.91 Å². The van der Waals surface area contributed by atoms with Crippen LogP contribution >= 0.6 is 11.5 Å². The second-order valence-corrected chi connectivity index (χ2v) is 13.1. The molecule has 4 fully saturated rings. The number of carbonyl (C=O) groups is 2. The smallest absolute Gasteiger partial charge is 0.380 e. The van der Waals surface area contributed by atoms with E-state index in [4.69, 9.17) is 4.37 Å². The quantitative estimate of drug-likeness (QED) is 0.539. The van der Waals surface area contributed by atoms with Crippen LogP contribution in [0, 0.1) is 23.7 Å². The van der Waals surface area contributed by atoms with E-state index in [0.29, 0.717) is 11.5 Å². The Kier molecular flexibility index (Phi) is 6.29. The average molecular weight is 575 g/mol. The lowest BCUT2D eigenvalue weighted by Crippen LogP contribution is -2.52. The predicted molar refractivity (Wildman–Crippen MR) is 145 cm³/mol. The number of likely N-dealkylation sites (tertiary alicyclic amines) is 1. The number of rotatable bonds is 5. The molecule has 1 aromatic carbocycles. The zero-order chi connectivity index (χ0) is 27.8. The molecule has 2 bridgehead atoms. The number of halogens is 3. The number of nitrogens with zero attached hydrogens (tertiary/aromatic N) is 4. The summed E-state index contributed by atoms with van der Waals surface area (Å²) in [6, 6.07) is 8.29. The third-order valence-electron chi connectivity index (χ3n) is 10.2. The zero-order valence-corrected chi connectivity index (χ0v) is 23.0. The van der Waals surface area contributed by atoms with E-state index in [-0.39, 0.29) is 24.5 Å². The first-order valence-electron chi connectivity index (χ1n) is 14.3. The van der Waals surface area contributed by atoms with E-state index in [1.807, 2.05) is 12.1 Å². The van der Waals surface area contributed by atoms with Gasteiger partial charge in [-0.05, 0) is 54.8 Å². The maximum Gasteiger partial charge on any atom is 0.417 e. The third-order valence-corrected chi connectivity index (χ3v) is 11.0. The summed E-state index contributed by atoms with van der Waals surface area (Å²) in [4.78, 5) is 32.7. The van der Waals surface area contributed by atoms with E-state index in [1.54, 1.807) is 0 Å². The molecular weight excluding hydrogens is 541 g/mol. The molecule has 40 heavy (non-hydrogen) atoms. The number of hydrogen-bond donors (Lipinski definition) is 1. The van der Waals surface area contributed by atoms with Crippen molar-refractivity contribution in [2.24, 2.45) is 23.7 Å².